The molecule has 2 nitrogen and oxygen atoms in total. The van der Waals surface area contributed by atoms with Crippen LogP contribution in [0.1, 0.15) is 19.8 Å². The molecular weight excluding hydrogens is 246 g/mol. The van der Waals surface area contributed by atoms with E-state index in [0.29, 0.717) is 0 Å². The second-order valence-corrected chi connectivity index (χ2v) is 5.00. The van der Waals surface area contributed by atoms with Crippen molar-refractivity contribution in [1.82, 2.24) is 4.98 Å². The Kier molecular flexibility index (Phi) is 3.73. The van der Waals surface area contributed by atoms with Gasteiger partial charge in [0.15, 0.2) is 0 Å². The van der Waals surface area contributed by atoms with Crippen LogP contribution in [0.4, 0.5) is 0 Å². The lowest BCUT2D eigenvalue weighted by molar-refractivity contribution is 0.310. The molecule has 0 fully saturated rings. The summed E-state index contributed by atoms with van der Waals surface area (Å²) in [6.45, 7) is 2.96. The Balaban J connectivity index is 1.88. The molecule has 0 saturated heterocycles. The standard InChI is InChI=1S/C18H19NO/c1-2-3-11-20-16-10-9-15-12-17(19-18(15)13-16)14-7-5-4-6-8-14/h4-10,12-13,19H,2-3,11H2,1H3. The Morgan fingerprint density at radius 2 is 1.85 bits per heavy atom. The molecule has 0 atom stereocenters. The molecule has 3 aromatic rings. The molecule has 102 valence electrons. The van der Waals surface area contributed by atoms with Gasteiger partial charge in [0.05, 0.1) is 6.61 Å². The maximum Gasteiger partial charge on any atom is 0.121 e. The molecule has 0 spiro atoms. The second-order valence-electron chi connectivity index (χ2n) is 5.00. The van der Waals surface area contributed by atoms with Crippen molar-refractivity contribution in [3.05, 3.63) is 54.6 Å². The first kappa shape index (κ1) is 12.8. The predicted octanol–water partition coefficient (Wildman–Crippen LogP) is 5.01. The van der Waals surface area contributed by atoms with Crippen molar-refractivity contribution in [1.29, 1.82) is 0 Å². The van der Waals surface area contributed by atoms with Crippen LogP contribution < -0.4 is 4.74 Å². The van der Waals surface area contributed by atoms with E-state index < -0.39 is 0 Å². The van der Waals surface area contributed by atoms with Crippen molar-refractivity contribution in [3.63, 3.8) is 0 Å². The van der Waals surface area contributed by atoms with Crippen molar-refractivity contribution < 1.29 is 4.74 Å². The van der Waals surface area contributed by atoms with Gasteiger partial charge in [-0.25, -0.2) is 0 Å². The first-order chi connectivity index (χ1) is 9.86. The number of nitrogens with one attached hydrogen (secondary N) is 1. The lowest BCUT2D eigenvalue weighted by Crippen LogP contribution is -1.95. The smallest absolute Gasteiger partial charge is 0.121 e. The van der Waals surface area contributed by atoms with Crippen LogP contribution in [0, 0.1) is 0 Å². The van der Waals surface area contributed by atoms with Crippen molar-refractivity contribution >= 4 is 10.9 Å². The van der Waals surface area contributed by atoms with E-state index in [4.69, 9.17) is 4.74 Å². The molecular formula is C18H19NO. The van der Waals surface area contributed by atoms with Crippen LogP contribution in [0.15, 0.2) is 54.6 Å². The molecule has 3 rings (SSSR count). The molecule has 0 aliphatic carbocycles. The van der Waals surface area contributed by atoms with Crippen LogP contribution in [0.3, 0.4) is 0 Å². The highest BCUT2D eigenvalue weighted by molar-refractivity contribution is 5.86. The van der Waals surface area contributed by atoms with Gasteiger partial charge in [-0.1, -0.05) is 43.7 Å². The summed E-state index contributed by atoms with van der Waals surface area (Å²) in [6.07, 6.45) is 2.25. The summed E-state index contributed by atoms with van der Waals surface area (Å²) in [5.74, 6) is 0.937. The van der Waals surface area contributed by atoms with Crippen LogP contribution >= 0.6 is 0 Å². The van der Waals surface area contributed by atoms with Gasteiger partial charge in [-0.2, -0.15) is 0 Å². The maximum absolute atomic E-state index is 5.75. The number of benzene rings is 2. The summed E-state index contributed by atoms with van der Waals surface area (Å²) < 4.78 is 5.75. The third-order valence-electron chi connectivity index (χ3n) is 3.45. The van der Waals surface area contributed by atoms with E-state index in [-0.39, 0.29) is 0 Å². The Hall–Kier alpha value is -2.22. The van der Waals surface area contributed by atoms with Crippen molar-refractivity contribution in [2.75, 3.05) is 6.61 Å². The SMILES string of the molecule is CCCCOc1ccc2cc(-c3ccccc3)[nH]c2c1. The number of ether oxygens (including phenoxy) is 1. The molecule has 0 aliphatic heterocycles. The minimum atomic E-state index is 0.786. The zero-order chi connectivity index (χ0) is 13.8. The molecule has 0 aliphatic rings. The molecule has 1 N–H and O–H groups in total. The highest BCUT2D eigenvalue weighted by Crippen LogP contribution is 2.26. The average Bonchev–Trinajstić information content (AvgIpc) is 2.92. The first-order valence-electron chi connectivity index (χ1n) is 7.18. The quantitative estimate of drug-likeness (QED) is 0.644. The highest BCUT2D eigenvalue weighted by Gasteiger charge is 2.04. The van der Waals surface area contributed by atoms with E-state index >= 15 is 0 Å². The van der Waals surface area contributed by atoms with Gasteiger partial charge in [-0.15, -0.1) is 0 Å². The van der Waals surface area contributed by atoms with E-state index in [1.165, 1.54) is 10.9 Å². The number of unbranched alkanes of at least 4 members (excludes halogenated alkanes) is 1. The summed E-state index contributed by atoms with van der Waals surface area (Å²) in [4.78, 5) is 3.46. The topological polar surface area (TPSA) is 25.0 Å². The monoisotopic (exact) mass is 265 g/mol. The number of hydrogen-bond acceptors (Lipinski definition) is 1. The lowest BCUT2D eigenvalue weighted by Gasteiger charge is -2.04. The Labute approximate surface area is 119 Å². The van der Waals surface area contributed by atoms with E-state index in [0.717, 1.165) is 36.4 Å². The van der Waals surface area contributed by atoms with Gasteiger partial charge in [0, 0.05) is 22.7 Å². The number of fused-ring (bicyclic) bond motifs is 1. The fourth-order valence-electron chi connectivity index (χ4n) is 2.30. The third kappa shape index (κ3) is 2.69. The molecule has 0 amide bonds. The molecule has 0 unspecified atom stereocenters. The third-order valence-corrected chi connectivity index (χ3v) is 3.45. The van der Waals surface area contributed by atoms with Gasteiger partial charge in [-0.05, 0) is 30.2 Å². The van der Waals surface area contributed by atoms with Crippen LogP contribution in [-0.4, -0.2) is 11.6 Å². The van der Waals surface area contributed by atoms with Crippen LogP contribution in [-0.2, 0) is 0 Å². The van der Waals surface area contributed by atoms with Crippen molar-refractivity contribution in [3.8, 4) is 17.0 Å². The van der Waals surface area contributed by atoms with Gasteiger partial charge in [0.2, 0.25) is 0 Å². The normalized spacial score (nSPS) is 10.8. The van der Waals surface area contributed by atoms with Gasteiger partial charge < -0.3 is 9.72 Å². The van der Waals surface area contributed by atoms with Gasteiger partial charge >= 0.3 is 0 Å². The van der Waals surface area contributed by atoms with Crippen LogP contribution in [0.5, 0.6) is 5.75 Å². The van der Waals surface area contributed by atoms with E-state index in [1.807, 2.05) is 12.1 Å². The summed E-state index contributed by atoms with van der Waals surface area (Å²) in [7, 11) is 0. The largest absolute Gasteiger partial charge is 0.494 e. The highest BCUT2D eigenvalue weighted by atomic mass is 16.5. The van der Waals surface area contributed by atoms with Crippen molar-refractivity contribution in [2.45, 2.75) is 19.8 Å². The Morgan fingerprint density at radius 1 is 1.00 bits per heavy atom. The van der Waals surface area contributed by atoms with Crippen LogP contribution in [0.25, 0.3) is 22.2 Å². The number of rotatable bonds is 5. The summed E-state index contributed by atoms with van der Waals surface area (Å²) in [6, 6.07) is 18.8. The average molecular weight is 265 g/mol. The van der Waals surface area contributed by atoms with E-state index in [9.17, 15) is 0 Å². The summed E-state index contributed by atoms with van der Waals surface area (Å²) in [5.41, 5.74) is 3.47. The van der Waals surface area contributed by atoms with Gasteiger partial charge in [0.1, 0.15) is 5.75 Å². The molecule has 0 bridgehead atoms. The first-order valence-corrected chi connectivity index (χ1v) is 7.18. The molecule has 2 aromatic carbocycles. The zero-order valence-corrected chi connectivity index (χ0v) is 11.7. The lowest BCUT2D eigenvalue weighted by atomic mass is 10.1. The minimum Gasteiger partial charge on any atom is -0.494 e. The zero-order valence-electron chi connectivity index (χ0n) is 11.7. The van der Waals surface area contributed by atoms with E-state index in [1.54, 1.807) is 0 Å². The number of H-pyrrole nitrogens is 1. The Bertz CT molecular complexity index is 685. The van der Waals surface area contributed by atoms with Crippen molar-refractivity contribution in [2.24, 2.45) is 0 Å². The molecule has 2 heteroatoms. The van der Waals surface area contributed by atoms with Crippen LogP contribution in [0.2, 0.25) is 0 Å². The summed E-state index contributed by atoms with van der Waals surface area (Å²) >= 11 is 0. The molecule has 20 heavy (non-hydrogen) atoms. The number of hydrogen-bond donors (Lipinski definition) is 1. The molecule has 0 radical (unpaired) electrons. The Morgan fingerprint density at radius 3 is 2.65 bits per heavy atom. The molecule has 0 saturated carbocycles. The fraction of sp³-hybridized carbons (Fsp3) is 0.222. The van der Waals surface area contributed by atoms with E-state index in [2.05, 4.69) is 54.4 Å². The molecule has 1 aromatic heterocycles. The minimum absolute atomic E-state index is 0.786. The van der Waals surface area contributed by atoms with Gasteiger partial charge in [-0.3, -0.25) is 0 Å². The maximum atomic E-state index is 5.75. The fourth-order valence-corrected chi connectivity index (χ4v) is 2.30. The van der Waals surface area contributed by atoms with Gasteiger partial charge in [0.25, 0.3) is 0 Å². The predicted molar refractivity (Wildman–Crippen MR) is 84.1 cm³/mol. The second kappa shape index (κ2) is 5.83. The summed E-state index contributed by atoms with van der Waals surface area (Å²) in [5, 5.41) is 1.21. The number of aromatic amines is 1. The molecule has 1 heterocycles. The number of aromatic nitrogens is 1.